The molecule has 0 atom stereocenters. The van der Waals surface area contributed by atoms with Crippen molar-refractivity contribution in [2.24, 2.45) is 0 Å². The zero-order chi connectivity index (χ0) is 32.8. The van der Waals surface area contributed by atoms with Gasteiger partial charge in [-0.3, -0.25) is 0 Å². The van der Waals surface area contributed by atoms with Gasteiger partial charge < -0.3 is 9.32 Å². The highest BCUT2D eigenvalue weighted by Gasteiger charge is 2.17. The number of anilines is 3. The normalized spacial score (nSPS) is 12.0. The summed E-state index contributed by atoms with van der Waals surface area (Å²) in [7, 11) is 0. The maximum absolute atomic E-state index is 6.52. The average molecular weight is 674 g/mol. The van der Waals surface area contributed by atoms with Crippen molar-refractivity contribution in [2.75, 3.05) is 4.90 Å². The number of rotatable bonds is 4. The van der Waals surface area contributed by atoms with Gasteiger partial charge in [-0.05, 0) is 89.3 Å². The van der Waals surface area contributed by atoms with Crippen molar-refractivity contribution in [1.82, 2.24) is 0 Å². The van der Waals surface area contributed by atoms with Crippen LogP contribution < -0.4 is 4.90 Å². The van der Waals surface area contributed by atoms with Crippen LogP contribution in [0.25, 0.3) is 84.2 Å². The standard InChI is InChI=1S/C46H27NOS2/c1-2-8-34-29(7-1)15-22-39-35-21-16-30(25-41(35)48-46(34)39)28-13-17-31(18-14-28)47(32-20-24-44-40(26-32)37-10-4-6-12-43(37)49-44)33-19-23-38-36-9-3-5-11-42(36)50-45(38)27-33/h1-27H. The summed E-state index contributed by atoms with van der Waals surface area (Å²) in [6, 6.07) is 59.6. The smallest absolute Gasteiger partial charge is 0.143 e. The molecular formula is C46H27NOS2. The fraction of sp³-hybridized carbons (Fsp3) is 0. The molecular weight excluding hydrogens is 647 g/mol. The molecule has 2 nitrogen and oxygen atoms in total. The molecule has 3 heterocycles. The van der Waals surface area contributed by atoms with Gasteiger partial charge in [-0.15, -0.1) is 22.7 Å². The molecule has 0 bridgehead atoms. The quantitative estimate of drug-likeness (QED) is 0.185. The van der Waals surface area contributed by atoms with E-state index in [-0.39, 0.29) is 0 Å². The molecule has 0 aliphatic rings. The van der Waals surface area contributed by atoms with E-state index in [1.54, 1.807) is 0 Å². The third-order valence-corrected chi connectivity index (χ3v) is 12.3. The van der Waals surface area contributed by atoms with E-state index < -0.39 is 0 Å². The second-order valence-electron chi connectivity index (χ2n) is 12.9. The van der Waals surface area contributed by atoms with Crippen LogP contribution in [0.3, 0.4) is 0 Å². The van der Waals surface area contributed by atoms with Crippen molar-refractivity contribution < 1.29 is 4.42 Å². The topological polar surface area (TPSA) is 16.4 Å². The highest BCUT2D eigenvalue weighted by molar-refractivity contribution is 7.26. The SMILES string of the molecule is c1ccc2c(c1)ccc1c3ccc(-c4ccc(N(c5ccc6c(c5)sc5ccccc56)c5ccc6sc7ccccc7c6c5)cc4)cc3oc21. The van der Waals surface area contributed by atoms with Crippen molar-refractivity contribution in [3.05, 3.63) is 164 Å². The molecule has 0 saturated heterocycles. The summed E-state index contributed by atoms with van der Waals surface area (Å²) < 4.78 is 11.7. The fourth-order valence-corrected chi connectivity index (χ4v) is 9.87. The molecule has 4 heteroatoms. The van der Waals surface area contributed by atoms with Crippen LogP contribution in [0.5, 0.6) is 0 Å². The van der Waals surface area contributed by atoms with Gasteiger partial charge in [0.2, 0.25) is 0 Å². The number of nitrogens with zero attached hydrogens (tertiary/aromatic N) is 1. The molecule has 11 aromatic rings. The lowest BCUT2D eigenvalue weighted by atomic mass is 10.0. The molecule has 0 amide bonds. The Labute approximate surface area is 295 Å². The summed E-state index contributed by atoms with van der Waals surface area (Å²) in [5.41, 5.74) is 7.55. The maximum Gasteiger partial charge on any atom is 0.143 e. The molecule has 0 spiro atoms. The third-order valence-electron chi connectivity index (χ3n) is 10.1. The zero-order valence-electron chi connectivity index (χ0n) is 26.8. The third kappa shape index (κ3) is 4.26. The number of furan rings is 1. The highest BCUT2D eigenvalue weighted by atomic mass is 32.1. The summed E-state index contributed by atoms with van der Waals surface area (Å²) >= 11 is 3.71. The molecule has 0 saturated carbocycles. The molecule has 0 aliphatic heterocycles. The predicted octanol–water partition coefficient (Wildman–Crippen LogP) is 14.6. The van der Waals surface area contributed by atoms with Crippen molar-refractivity contribution >= 4 is 113 Å². The van der Waals surface area contributed by atoms with Gasteiger partial charge in [0.1, 0.15) is 11.2 Å². The molecule has 0 fully saturated rings. The Morgan fingerprint density at radius 3 is 1.78 bits per heavy atom. The maximum atomic E-state index is 6.52. The molecule has 11 rings (SSSR count). The van der Waals surface area contributed by atoms with E-state index in [0.717, 1.165) is 55.5 Å². The predicted molar refractivity (Wildman–Crippen MR) is 217 cm³/mol. The number of thiophene rings is 2. The van der Waals surface area contributed by atoms with E-state index >= 15 is 0 Å². The van der Waals surface area contributed by atoms with Crippen molar-refractivity contribution in [1.29, 1.82) is 0 Å². The van der Waals surface area contributed by atoms with E-state index in [9.17, 15) is 0 Å². The van der Waals surface area contributed by atoms with Crippen LogP contribution in [0.2, 0.25) is 0 Å². The number of hydrogen-bond donors (Lipinski definition) is 0. The highest BCUT2D eigenvalue weighted by Crippen LogP contribution is 2.44. The average Bonchev–Trinajstić information content (AvgIpc) is 3.86. The minimum Gasteiger partial charge on any atom is -0.455 e. The van der Waals surface area contributed by atoms with Gasteiger partial charge in [0, 0.05) is 73.6 Å². The largest absolute Gasteiger partial charge is 0.455 e. The Kier molecular flexibility index (Phi) is 6.03. The van der Waals surface area contributed by atoms with Gasteiger partial charge in [-0.25, -0.2) is 0 Å². The van der Waals surface area contributed by atoms with Crippen molar-refractivity contribution in [3.8, 4) is 11.1 Å². The number of benzene rings is 8. The Balaban J connectivity index is 1.04. The first-order chi connectivity index (χ1) is 24.7. The van der Waals surface area contributed by atoms with Crippen LogP contribution in [0.1, 0.15) is 0 Å². The second-order valence-corrected chi connectivity index (χ2v) is 15.1. The van der Waals surface area contributed by atoms with E-state index in [0.29, 0.717) is 0 Å². The van der Waals surface area contributed by atoms with Crippen molar-refractivity contribution in [2.45, 2.75) is 0 Å². The van der Waals surface area contributed by atoms with Gasteiger partial charge in [0.25, 0.3) is 0 Å². The van der Waals surface area contributed by atoms with Crippen LogP contribution in [-0.2, 0) is 0 Å². The van der Waals surface area contributed by atoms with Crippen LogP contribution in [0.4, 0.5) is 17.1 Å². The molecule has 0 radical (unpaired) electrons. The molecule has 8 aromatic carbocycles. The fourth-order valence-electron chi connectivity index (χ4n) is 7.64. The Bertz CT molecular complexity index is 3110. The Hall–Kier alpha value is -5.94. The Morgan fingerprint density at radius 1 is 0.360 bits per heavy atom. The minimum absolute atomic E-state index is 0.910. The molecule has 0 aliphatic carbocycles. The van der Waals surface area contributed by atoms with Gasteiger partial charge >= 0.3 is 0 Å². The van der Waals surface area contributed by atoms with Gasteiger partial charge in [0.15, 0.2) is 0 Å². The molecule has 3 aromatic heterocycles. The Morgan fingerprint density at radius 2 is 0.940 bits per heavy atom. The molecule has 0 N–H and O–H groups in total. The second kappa shape index (κ2) is 10.8. The lowest BCUT2D eigenvalue weighted by Gasteiger charge is -2.26. The van der Waals surface area contributed by atoms with Gasteiger partial charge in [-0.1, -0.05) is 91.0 Å². The monoisotopic (exact) mass is 673 g/mol. The van der Waals surface area contributed by atoms with Crippen LogP contribution >= 0.6 is 22.7 Å². The van der Waals surface area contributed by atoms with Crippen molar-refractivity contribution in [3.63, 3.8) is 0 Å². The lowest BCUT2D eigenvalue weighted by molar-refractivity contribution is 0.673. The van der Waals surface area contributed by atoms with E-state index in [1.165, 1.54) is 45.7 Å². The summed E-state index contributed by atoms with van der Waals surface area (Å²) in [6.07, 6.45) is 0. The minimum atomic E-state index is 0.910. The number of hydrogen-bond acceptors (Lipinski definition) is 4. The van der Waals surface area contributed by atoms with Crippen LogP contribution in [0.15, 0.2) is 168 Å². The van der Waals surface area contributed by atoms with Crippen LogP contribution in [0, 0.1) is 0 Å². The van der Waals surface area contributed by atoms with Gasteiger partial charge in [-0.2, -0.15) is 0 Å². The zero-order valence-corrected chi connectivity index (χ0v) is 28.4. The lowest BCUT2D eigenvalue weighted by Crippen LogP contribution is -2.09. The van der Waals surface area contributed by atoms with Gasteiger partial charge in [0.05, 0.1) is 0 Å². The molecule has 234 valence electrons. The summed E-state index contributed by atoms with van der Waals surface area (Å²) in [5.74, 6) is 0. The molecule has 0 unspecified atom stereocenters. The van der Waals surface area contributed by atoms with Crippen LogP contribution in [-0.4, -0.2) is 0 Å². The van der Waals surface area contributed by atoms with E-state index in [2.05, 4.69) is 169 Å². The summed E-state index contributed by atoms with van der Waals surface area (Å²) in [4.78, 5) is 2.40. The van der Waals surface area contributed by atoms with E-state index in [4.69, 9.17) is 4.42 Å². The summed E-state index contributed by atoms with van der Waals surface area (Å²) in [5, 5.41) is 9.85. The first kappa shape index (κ1) is 28.0. The molecule has 50 heavy (non-hydrogen) atoms. The number of fused-ring (bicyclic) bond motifs is 11. The first-order valence-corrected chi connectivity index (χ1v) is 18.5. The van der Waals surface area contributed by atoms with E-state index in [1.807, 2.05) is 22.7 Å². The summed E-state index contributed by atoms with van der Waals surface area (Å²) in [6.45, 7) is 0. The first-order valence-electron chi connectivity index (χ1n) is 16.8.